The molecule has 0 aromatic rings. The standard InChI is InChI=1S/C15H26N2O3.C2HF3O2/c1-16(2)15(18)13-9-11-3-6-17(10-14(11)20-13)12-4-7-19-8-5-12;3-2(4,5)1(6)7/h11-14H,3-10H2,1-2H3;(H,6,7)/t11-,13+,14-;/m0./s1. The summed E-state index contributed by atoms with van der Waals surface area (Å²) in [5.41, 5.74) is 0. The molecule has 3 aliphatic rings. The van der Waals surface area contributed by atoms with E-state index < -0.39 is 12.1 Å². The van der Waals surface area contributed by atoms with Gasteiger partial charge in [-0.2, -0.15) is 13.2 Å². The fourth-order valence-electron chi connectivity index (χ4n) is 3.78. The lowest BCUT2D eigenvalue weighted by Gasteiger charge is -2.40. The molecule has 7 nitrogen and oxygen atoms in total. The summed E-state index contributed by atoms with van der Waals surface area (Å²) >= 11 is 0. The Labute approximate surface area is 156 Å². The second kappa shape index (κ2) is 9.20. The molecule has 3 saturated heterocycles. The van der Waals surface area contributed by atoms with Crippen LogP contribution in [0.4, 0.5) is 13.2 Å². The molecule has 10 heteroatoms. The molecule has 0 aliphatic carbocycles. The highest BCUT2D eigenvalue weighted by Gasteiger charge is 2.43. The number of nitrogens with zero attached hydrogens (tertiary/aromatic N) is 2. The third kappa shape index (κ3) is 6.05. The number of carbonyl (C=O) groups is 2. The van der Waals surface area contributed by atoms with Gasteiger partial charge in [0, 0.05) is 39.9 Å². The maximum Gasteiger partial charge on any atom is 0.490 e. The Bertz CT molecular complexity index is 523. The first-order valence-corrected chi connectivity index (χ1v) is 9.08. The molecule has 1 N–H and O–H groups in total. The van der Waals surface area contributed by atoms with Gasteiger partial charge in [0.1, 0.15) is 6.10 Å². The number of rotatable bonds is 2. The SMILES string of the molecule is CN(C)C(=O)[C@H]1C[C@@H]2CCN(C3CCOCC3)C[C@@H]2O1.O=C(O)C(F)(F)F. The molecule has 0 bridgehead atoms. The predicted octanol–water partition coefficient (Wildman–Crippen LogP) is 1.37. The zero-order valence-corrected chi connectivity index (χ0v) is 15.6. The number of likely N-dealkylation sites (N-methyl/N-ethyl adjacent to an activating group) is 1. The summed E-state index contributed by atoms with van der Waals surface area (Å²) in [5.74, 6) is -2.07. The first kappa shape index (κ1) is 21.9. The molecule has 3 fully saturated rings. The van der Waals surface area contributed by atoms with Gasteiger partial charge in [0.2, 0.25) is 0 Å². The maximum atomic E-state index is 12.0. The number of likely N-dealkylation sites (tertiary alicyclic amines) is 1. The molecule has 0 spiro atoms. The average molecular weight is 396 g/mol. The van der Waals surface area contributed by atoms with E-state index in [-0.39, 0.29) is 18.1 Å². The number of piperidine rings is 1. The average Bonchev–Trinajstić information content (AvgIpc) is 3.04. The quantitative estimate of drug-likeness (QED) is 0.760. The summed E-state index contributed by atoms with van der Waals surface area (Å²) in [6.45, 7) is 3.92. The highest BCUT2D eigenvalue weighted by Crippen LogP contribution is 2.35. The van der Waals surface area contributed by atoms with Gasteiger partial charge < -0.3 is 19.5 Å². The molecule has 0 aromatic heterocycles. The first-order chi connectivity index (χ1) is 12.6. The van der Waals surface area contributed by atoms with Crippen LogP contribution in [0.2, 0.25) is 0 Å². The Balaban J connectivity index is 0.000000321. The van der Waals surface area contributed by atoms with E-state index in [0.717, 1.165) is 45.6 Å². The number of alkyl halides is 3. The van der Waals surface area contributed by atoms with E-state index >= 15 is 0 Å². The Morgan fingerprint density at radius 1 is 1.15 bits per heavy atom. The molecule has 3 aliphatic heterocycles. The largest absolute Gasteiger partial charge is 0.490 e. The van der Waals surface area contributed by atoms with Crippen LogP contribution < -0.4 is 0 Å². The highest BCUT2D eigenvalue weighted by molar-refractivity contribution is 5.80. The number of fused-ring (bicyclic) bond motifs is 1. The number of hydrogen-bond acceptors (Lipinski definition) is 5. The number of ether oxygens (including phenoxy) is 2. The van der Waals surface area contributed by atoms with Crippen molar-refractivity contribution in [2.75, 3.05) is 40.4 Å². The maximum absolute atomic E-state index is 12.0. The molecular formula is C17H27F3N2O5. The van der Waals surface area contributed by atoms with Crippen LogP contribution in [0.5, 0.6) is 0 Å². The van der Waals surface area contributed by atoms with Crippen LogP contribution in [0, 0.1) is 5.92 Å². The van der Waals surface area contributed by atoms with Crippen molar-refractivity contribution in [3.63, 3.8) is 0 Å². The van der Waals surface area contributed by atoms with Gasteiger partial charge in [-0.05, 0) is 38.1 Å². The molecule has 0 radical (unpaired) electrons. The van der Waals surface area contributed by atoms with Gasteiger partial charge in [-0.15, -0.1) is 0 Å². The van der Waals surface area contributed by atoms with Crippen molar-refractivity contribution >= 4 is 11.9 Å². The zero-order valence-electron chi connectivity index (χ0n) is 15.6. The minimum Gasteiger partial charge on any atom is -0.475 e. The van der Waals surface area contributed by atoms with Gasteiger partial charge in [0.05, 0.1) is 6.10 Å². The lowest BCUT2D eigenvalue weighted by Crippen LogP contribution is -2.49. The van der Waals surface area contributed by atoms with Crippen molar-refractivity contribution < 1.29 is 37.3 Å². The summed E-state index contributed by atoms with van der Waals surface area (Å²) < 4.78 is 43.2. The monoisotopic (exact) mass is 396 g/mol. The van der Waals surface area contributed by atoms with Crippen molar-refractivity contribution in [3.05, 3.63) is 0 Å². The minimum absolute atomic E-state index is 0.122. The molecule has 0 aromatic carbocycles. The molecule has 0 saturated carbocycles. The Morgan fingerprint density at radius 3 is 2.26 bits per heavy atom. The van der Waals surface area contributed by atoms with Crippen LogP contribution in [-0.2, 0) is 19.1 Å². The number of amides is 1. The summed E-state index contributed by atoms with van der Waals surface area (Å²) in [7, 11) is 3.62. The van der Waals surface area contributed by atoms with Crippen LogP contribution in [-0.4, -0.2) is 91.6 Å². The van der Waals surface area contributed by atoms with Gasteiger partial charge in [-0.25, -0.2) is 4.79 Å². The zero-order chi connectivity index (χ0) is 20.2. The molecule has 3 rings (SSSR count). The fourth-order valence-corrected chi connectivity index (χ4v) is 3.78. The Kier molecular flexibility index (Phi) is 7.47. The third-order valence-electron chi connectivity index (χ3n) is 5.25. The van der Waals surface area contributed by atoms with Gasteiger partial charge in [-0.3, -0.25) is 9.69 Å². The van der Waals surface area contributed by atoms with Crippen LogP contribution in [0.25, 0.3) is 0 Å². The number of carboxylic acids is 1. The molecule has 27 heavy (non-hydrogen) atoms. The molecule has 156 valence electrons. The summed E-state index contributed by atoms with van der Waals surface area (Å²) in [6, 6.07) is 0.650. The number of carbonyl (C=O) groups excluding carboxylic acids is 1. The second-order valence-corrected chi connectivity index (χ2v) is 7.32. The number of carboxylic acid groups (broad SMARTS) is 1. The van der Waals surface area contributed by atoms with Gasteiger partial charge in [0.25, 0.3) is 5.91 Å². The number of aliphatic carboxylic acids is 1. The lowest BCUT2D eigenvalue weighted by atomic mass is 9.90. The fraction of sp³-hybridized carbons (Fsp3) is 0.882. The molecule has 3 heterocycles. The molecule has 0 unspecified atom stereocenters. The lowest BCUT2D eigenvalue weighted by molar-refractivity contribution is -0.192. The number of halogens is 3. The number of hydrogen-bond donors (Lipinski definition) is 1. The van der Waals surface area contributed by atoms with Gasteiger partial charge in [-0.1, -0.05) is 0 Å². The Hall–Kier alpha value is -1.39. The van der Waals surface area contributed by atoms with Crippen molar-refractivity contribution in [3.8, 4) is 0 Å². The summed E-state index contributed by atoms with van der Waals surface area (Å²) in [4.78, 5) is 25.2. The topological polar surface area (TPSA) is 79.3 Å². The van der Waals surface area contributed by atoms with Gasteiger partial charge >= 0.3 is 12.1 Å². The third-order valence-corrected chi connectivity index (χ3v) is 5.25. The minimum atomic E-state index is -5.08. The van der Waals surface area contributed by atoms with Crippen LogP contribution in [0.1, 0.15) is 25.7 Å². The Morgan fingerprint density at radius 2 is 1.74 bits per heavy atom. The summed E-state index contributed by atoms with van der Waals surface area (Å²) in [5, 5.41) is 7.12. The van der Waals surface area contributed by atoms with E-state index in [9.17, 15) is 18.0 Å². The van der Waals surface area contributed by atoms with Crippen LogP contribution in [0.15, 0.2) is 0 Å². The summed E-state index contributed by atoms with van der Waals surface area (Å²) in [6.07, 6.45) is -0.702. The first-order valence-electron chi connectivity index (χ1n) is 9.08. The molecule has 1 amide bonds. The van der Waals surface area contributed by atoms with E-state index in [1.807, 2.05) is 14.1 Å². The smallest absolute Gasteiger partial charge is 0.475 e. The van der Waals surface area contributed by atoms with Gasteiger partial charge in [0.15, 0.2) is 0 Å². The van der Waals surface area contributed by atoms with Crippen LogP contribution >= 0.6 is 0 Å². The molecule has 3 atom stereocenters. The normalized spacial score (nSPS) is 29.4. The van der Waals surface area contributed by atoms with Crippen molar-refractivity contribution in [2.45, 2.75) is 50.1 Å². The molecular weight excluding hydrogens is 369 g/mol. The highest BCUT2D eigenvalue weighted by atomic mass is 19.4. The second-order valence-electron chi connectivity index (χ2n) is 7.32. The van der Waals surface area contributed by atoms with E-state index in [2.05, 4.69) is 4.90 Å². The van der Waals surface area contributed by atoms with E-state index in [4.69, 9.17) is 19.4 Å². The van der Waals surface area contributed by atoms with Crippen molar-refractivity contribution in [1.29, 1.82) is 0 Å². The van der Waals surface area contributed by atoms with Crippen molar-refractivity contribution in [1.82, 2.24) is 9.80 Å². The van der Waals surface area contributed by atoms with E-state index in [0.29, 0.717) is 12.0 Å². The van der Waals surface area contributed by atoms with E-state index in [1.165, 1.54) is 6.42 Å². The van der Waals surface area contributed by atoms with Crippen LogP contribution in [0.3, 0.4) is 0 Å². The predicted molar refractivity (Wildman–Crippen MR) is 89.2 cm³/mol. The van der Waals surface area contributed by atoms with E-state index in [1.54, 1.807) is 4.90 Å². The van der Waals surface area contributed by atoms with Crippen molar-refractivity contribution in [2.24, 2.45) is 5.92 Å².